The van der Waals surface area contributed by atoms with E-state index in [0.29, 0.717) is 49.0 Å². The summed E-state index contributed by atoms with van der Waals surface area (Å²) in [6, 6.07) is 27.9. The molecule has 0 radical (unpaired) electrons. The molecule has 3 fully saturated rings. The number of hydrogen-bond acceptors (Lipinski definition) is 13. The van der Waals surface area contributed by atoms with E-state index < -0.39 is 60.4 Å². The van der Waals surface area contributed by atoms with Gasteiger partial charge >= 0.3 is 30.4 Å². The van der Waals surface area contributed by atoms with E-state index in [1.165, 1.54) is 43.2 Å². The molecule has 6 aromatic rings. The van der Waals surface area contributed by atoms with Gasteiger partial charge in [-0.15, -0.1) is 0 Å². The van der Waals surface area contributed by atoms with Gasteiger partial charge in [0.05, 0.1) is 47.1 Å². The Balaban J connectivity index is 0.000000148. The van der Waals surface area contributed by atoms with Crippen molar-refractivity contribution in [2.75, 3.05) is 60.5 Å². The van der Waals surface area contributed by atoms with Gasteiger partial charge in [-0.3, -0.25) is 19.5 Å². The number of halogens is 11. The van der Waals surface area contributed by atoms with E-state index >= 15 is 0 Å². The molecule has 0 atom stereocenters. The highest BCUT2D eigenvalue weighted by Crippen LogP contribution is 2.41. The number of amides is 4. The van der Waals surface area contributed by atoms with E-state index in [1.807, 2.05) is 54.6 Å². The zero-order chi connectivity index (χ0) is 68.9. The maximum Gasteiger partial charge on any atom is 0.471 e. The van der Waals surface area contributed by atoms with Crippen LogP contribution in [-0.2, 0) is 81.9 Å². The van der Waals surface area contributed by atoms with Crippen molar-refractivity contribution in [3.63, 3.8) is 0 Å². The number of carbonyl (C=O) groups excluding carboxylic acids is 4. The standard InChI is InChI=1S/C24H23BrF3N3O5S.C19H16BrCl3N2O4S.C19H17BrCl2N2O4S/c25-18-2-4-21-17(11-18)14-36-23(33)31(21)19-6-9-30(10-7-19)37(34,35)20-3-1-15-5-8-29(13-16(15)12-20)22(32)24(26,27)28;20-12-1-2-17-11(7-12)10-29-19(26)25(17)13-3-5-24(6-4-13)30(27,28)18-9-15(22)14(21)8-16(18)23;20-13-4-5-16-12(10-13)11-28-19(25)24(16)14-6-8-23(9-7-14)29(26,27)17-3-1-2-15(21)18(17)22/h1-4,11-12,19H,5-10,13-14H2;1-2,7-9,13H,3-6,10H2;1-5,10,14H,6-9,11H2. The Morgan fingerprint density at radius 2 is 0.854 bits per heavy atom. The molecule has 0 spiro atoms. The Morgan fingerprint density at radius 3 is 1.28 bits per heavy atom. The third-order valence-corrected chi connectivity index (χ3v) is 26.7. The predicted octanol–water partition coefficient (Wildman–Crippen LogP) is 15.0. The molecule has 0 aliphatic carbocycles. The zero-order valence-electron chi connectivity index (χ0n) is 50.1. The van der Waals surface area contributed by atoms with Crippen molar-refractivity contribution in [3.05, 3.63) is 169 Å². The van der Waals surface area contributed by atoms with Gasteiger partial charge in [0.2, 0.25) is 30.1 Å². The summed E-state index contributed by atoms with van der Waals surface area (Å²) < 4.78 is 140. The summed E-state index contributed by atoms with van der Waals surface area (Å²) in [6.45, 7) is 1.57. The quantitative estimate of drug-likeness (QED) is 0.0972. The Hall–Kier alpha value is -4.99. The molecular formula is C62H56Br3Cl5F3N7O13S3. The second kappa shape index (κ2) is 29.3. The normalized spacial score (nSPS) is 18.7. The lowest BCUT2D eigenvalue weighted by atomic mass is 10.00. The van der Waals surface area contributed by atoms with Gasteiger partial charge in [0.1, 0.15) is 29.6 Å². The number of alkyl halides is 3. The van der Waals surface area contributed by atoms with E-state index in [4.69, 9.17) is 72.2 Å². The van der Waals surface area contributed by atoms with Crippen LogP contribution in [0.2, 0.25) is 25.1 Å². The van der Waals surface area contributed by atoms with Crippen molar-refractivity contribution in [1.82, 2.24) is 17.8 Å². The van der Waals surface area contributed by atoms with Gasteiger partial charge in [0.15, 0.2) is 0 Å². The van der Waals surface area contributed by atoms with Crippen LogP contribution in [0.25, 0.3) is 0 Å². The number of sulfonamides is 3. The second-order valence-corrected chi connectivity index (χ2v) is 33.7. The lowest BCUT2D eigenvalue weighted by Crippen LogP contribution is -2.50. The molecule has 20 nitrogen and oxygen atoms in total. The number of carbonyl (C=O) groups is 4. The van der Waals surface area contributed by atoms with Gasteiger partial charge in [-0.1, -0.05) is 118 Å². The molecule has 34 heteroatoms. The molecule has 0 aromatic heterocycles. The first kappa shape index (κ1) is 72.3. The predicted molar refractivity (Wildman–Crippen MR) is 365 cm³/mol. The van der Waals surface area contributed by atoms with Crippen LogP contribution in [0, 0.1) is 0 Å². The minimum absolute atomic E-state index is 0.00213. The Bertz CT molecular complexity index is 4440. The van der Waals surface area contributed by atoms with Crippen LogP contribution < -0.4 is 14.7 Å². The fourth-order valence-electron chi connectivity index (χ4n) is 12.6. The molecule has 6 aromatic carbocycles. The van der Waals surface area contributed by atoms with Crippen molar-refractivity contribution in [2.24, 2.45) is 0 Å². The molecule has 7 aliphatic heterocycles. The lowest BCUT2D eigenvalue weighted by Gasteiger charge is -2.40. The number of anilines is 3. The van der Waals surface area contributed by atoms with Crippen LogP contribution in [0.5, 0.6) is 0 Å². The highest BCUT2D eigenvalue weighted by Gasteiger charge is 2.45. The minimum Gasteiger partial charge on any atom is -0.444 e. The van der Waals surface area contributed by atoms with Crippen molar-refractivity contribution in [1.29, 1.82) is 0 Å². The van der Waals surface area contributed by atoms with Crippen molar-refractivity contribution >= 4 is 177 Å². The van der Waals surface area contributed by atoms with Crippen LogP contribution in [-0.4, -0.2) is 137 Å². The fraction of sp³-hybridized carbons (Fsp3) is 0.355. The van der Waals surface area contributed by atoms with Crippen LogP contribution in [0.1, 0.15) is 66.3 Å². The van der Waals surface area contributed by atoms with Gasteiger partial charge in [0.25, 0.3) is 0 Å². The van der Waals surface area contributed by atoms with Gasteiger partial charge in [-0.25, -0.2) is 39.6 Å². The van der Waals surface area contributed by atoms with E-state index in [9.17, 15) is 57.6 Å². The molecule has 7 aliphatic rings. The van der Waals surface area contributed by atoms with Crippen molar-refractivity contribution < 1.29 is 71.8 Å². The van der Waals surface area contributed by atoms with Gasteiger partial charge in [-0.2, -0.15) is 26.1 Å². The maximum absolute atomic E-state index is 13.4. The fourth-order valence-corrected chi connectivity index (χ4v) is 20.0. The molecule has 3 saturated heterocycles. The van der Waals surface area contributed by atoms with Gasteiger partial charge in [-0.05, 0) is 147 Å². The number of fused-ring (bicyclic) bond motifs is 4. The van der Waals surface area contributed by atoms with Crippen LogP contribution in [0.3, 0.4) is 0 Å². The Morgan fingerprint density at radius 1 is 0.448 bits per heavy atom. The summed E-state index contributed by atoms with van der Waals surface area (Å²) in [5.74, 6) is -1.93. The summed E-state index contributed by atoms with van der Waals surface area (Å²) >= 11 is 40.4. The largest absolute Gasteiger partial charge is 0.471 e. The highest BCUT2D eigenvalue weighted by atomic mass is 79.9. The molecular weight excluding hydrogens is 1620 g/mol. The number of cyclic esters (lactones) is 3. The Kier molecular flexibility index (Phi) is 22.1. The van der Waals surface area contributed by atoms with Gasteiger partial charge < -0.3 is 19.1 Å². The molecule has 0 unspecified atom stereocenters. The topological polar surface area (TPSA) is 221 Å². The number of nitrogens with zero attached hydrogens (tertiary/aromatic N) is 7. The summed E-state index contributed by atoms with van der Waals surface area (Å²) in [5.41, 5.74) is 6.13. The van der Waals surface area contributed by atoms with Crippen molar-refractivity contribution in [3.8, 4) is 0 Å². The lowest BCUT2D eigenvalue weighted by molar-refractivity contribution is -0.186. The molecule has 96 heavy (non-hydrogen) atoms. The number of piperidine rings is 3. The first-order valence-electron chi connectivity index (χ1n) is 29.7. The van der Waals surface area contributed by atoms with Crippen LogP contribution >= 0.6 is 106 Å². The third kappa shape index (κ3) is 15.2. The summed E-state index contributed by atoms with van der Waals surface area (Å²) in [6.07, 6.45) is -3.38. The summed E-state index contributed by atoms with van der Waals surface area (Å²) in [7, 11) is -11.6. The number of ether oxygens (including phenoxy) is 3. The number of rotatable bonds is 9. The summed E-state index contributed by atoms with van der Waals surface area (Å²) in [4.78, 5) is 54.6. The van der Waals surface area contributed by atoms with Crippen LogP contribution in [0.15, 0.2) is 131 Å². The number of hydrogen-bond donors (Lipinski definition) is 0. The molecule has 4 amide bonds. The van der Waals surface area contributed by atoms with Gasteiger partial charge in [0, 0.05) is 101 Å². The third-order valence-electron chi connectivity index (χ3n) is 17.4. The smallest absolute Gasteiger partial charge is 0.444 e. The monoisotopic (exact) mass is 1670 g/mol. The maximum atomic E-state index is 13.4. The molecule has 0 N–H and O–H groups in total. The van der Waals surface area contributed by atoms with Crippen LogP contribution in [0.4, 0.5) is 44.6 Å². The highest BCUT2D eigenvalue weighted by molar-refractivity contribution is 9.11. The molecule has 13 rings (SSSR count). The Labute approximate surface area is 601 Å². The van der Waals surface area contributed by atoms with E-state index in [2.05, 4.69) is 47.8 Å². The molecule has 0 saturated carbocycles. The average molecular weight is 1680 g/mol. The summed E-state index contributed by atoms with van der Waals surface area (Å²) in [5, 5.41) is 0.545. The first-order valence-corrected chi connectivity index (χ1v) is 38.3. The minimum atomic E-state index is -4.98. The van der Waals surface area contributed by atoms with Crippen molar-refractivity contribution in [2.45, 2.75) is 110 Å². The second-order valence-electron chi connectivity index (χ2n) is 23.2. The van der Waals surface area contributed by atoms with E-state index in [-0.39, 0.29) is 137 Å². The molecule has 7 heterocycles. The molecule has 0 bridgehead atoms. The number of benzene rings is 6. The SMILES string of the molecule is O=C1OCc2cc(Br)ccc2N1C1CCN(S(=O)(=O)c2cc(Cl)c(Cl)cc2Cl)CC1.O=C1OCc2cc(Br)ccc2N1C1CCN(S(=O)(=O)c2ccc3c(c2)CN(C(=O)C(F)(F)F)CC3)CC1.O=C1OCc2cc(Br)ccc2N1C1CCN(S(=O)(=O)c2cccc(Cl)c2Cl)CC1. The zero-order valence-corrected chi connectivity index (χ0v) is 61.1. The average Bonchev–Trinajstić information content (AvgIpc) is 0.791. The first-order chi connectivity index (χ1) is 45.4. The molecule has 512 valence electrons. The van der Waals surface area contributed by atoms with E-state index in [0.717, 1.165) is 52.7 Å². The van der Waals surface area contributed by atoms with E-state index in [1.54, 1.807) is 32.9 Å².